The topological polar surface area (TPSA) is 54.4 Å². The molecule has 0 fully saturated rings. The Hall–Kier alpha value is -1.39. The highest BCUT2D eigenvalue weighted by Gasteiger charge is 2.08. The van der Waals surface area contributed by atoms with Gasteiger partial charge in [0.1, 0.15) is 4.88 Å². The molecule has 76 valence electrons. The van der Waals surface area contributed by atoms with E-state index in [-0.39, 0.29) is 10.3 Å². The number of hydrogen-bond donors (Lipinski definition) is 1. The van der Waals surface area contributed by atoms with Crippen molar-refractivity contribution in [2.45, 2.75) is 0 Å². The normalized spacial score (nSPS) is 10.5. The van der Waals surface area contributed by atoms with E-state index >= 15 is 0 Å². The van der Waals surface area contributed by atoms with Crippen LogP contribution in [0.4, 0.5) is 0 Å². The van der Waals surface area contributed by atoms with Gasteiger partial charge in [-0.25, -0.2) is 4.79 Å². The van der Waals surface area contributed by atoms with Gasteiger partial charge in [-0.05, 0) is 18.2 Å². The first-order chi connectivity index (χ1) is 7.08. The molecular formula is C10H5ClO3S. The molecule has 0 bridgehead atoms. The number of carboxylic acids is 1. The quantitative estimate of drug-likeness (QED) is 0.834. The van der Waals surface area contributed by atoms with Crippen LogP contribution in [0, 0.1) is 0 Å². The first-order valence-corrected chi connectivity index (χ1v) is 5.24. The van der Waals surface area contributed by atoms with E-state index in [1.165, 1.54) is 0 Å². The third-order valence-electron chi connectivity index (χ3n) is 1.90. The minimum Gasteiger partial charge on any atom is -0.477 e. The van der Waals surface area contributed by atoms with Crippen molar-refractivity contribution in [3.63, 3.8) is 0 Å². The van der Waals surface area contributed by atoms with E-state index in [4.69, 9.17) is 16.7 Å². The van der Waals surface area contributed by atoms with Gasteiger partial charge in [0.25, 0.3) is 0 Å². The smallest absolute Gasteiger partial charge is 0.346 e. The molecule has 0 saturated heterocycles. The second-order valence-corrected chi connectivity index (χ2v) is 4.44. The fourth-order valence-electron chi connectivity index (χ4n) is 1.23. The van der Waals surface area contributed by atoms with Crippen LogP contribution >= 0.6 is 22.9 Å². The SMILES string of the molecule is O=C(O)c1cc(=O)c2cc(Cl)ccc2s1. The molecule has 0 unspecified atom stereocenters. The summed E-state index contributed by atoms with van der Waals surface area (Å²) in [5.74, 6) is -1.09. The Labute approximate surface area is 93.5 Å². The van der Waals surface area contributed by atoms with Crippen molar-refractivity contribution in [2.24, 2.45) is 0 Å². The zero-order valence-corrected chi connectivity index (χ0v) is 8.93. The summed E-state index contributed by atoms with van der Waals surface area (Å²) in [5, 5.41) is 9.69. The molecule has 5 heteroatoms. The van der Waals surface area contributed by atoms with E-state index in [1.54, 1.807) is 18.2 Å². The summed E-state index contributed by atoms with van der Waals surface area (Å²) >= 11 is 6.80. The van der Waals surface area contributed by atoms with Crippen LogP contribution in [0.1, 0.15) is 9.67 Å². The lowest BCUT2D eigenvalue weighted by Gasteiger charge is -1.98. The number of carbonyl (C=O) groups is 1. The Bertz CT molecular complexity index is 603. The third kappa shape index (κ3) is 1.86. The van der Waals surface area contributed by atoms with Crippen LogP contribution in [0.3, 0.4) is 0 Å². The number of hydrogen-bond acceptors (Lipinski definition) is 3. The maximum Gasteiger partial charge on any atom is 0.346 e. The Morgan fingerprint density at radius 1 is 1.33 bits per heavy atom. The average Bonchev–Trinajstić information content (AvgIpc) is 2.18. The van der Waals surface area contributed by atoms with E-state index in [1.807, 2.05) is 0 Å². The van der Waals surface area contributed by atoms with Crippen molar-refractivity contribution in [1.29, 1.82) is 0 Å². The summed E-state index contributed by atoms with van der Waals surface area (Å²) in [6, 6.07) is 5.94. The van der Waals surface area contributed by atoms with Gasteiger partial charge < -0.3 is 5.11 Å². The molecule has 2 aromatic rings. The fraction of sp³-hybridized carbons (Fsp3) is 0. The van der Waals surface area contributed by atoms with Crippen LogP contribution in [-0.4, -0.2) is 11.1 Å². The molecule has 0 radical (unpaired) electrons. The van der Waals surface area contributed by atoms with Crippen molar-refractivity contribution >= 4 is 39.0 Å². The molecule has 15 heavy (non-hydrogen) atoms. The van der Waals surface area contributed by atoms with Crippen molar-refractivity contribution < 1.29 is 9.90 Å². The highest BCUT2D eigenvalue weighted by atomic mass is 35.5. The molecule has 1 aromatic carbocycles. The fourth-order valence-corrected chi connectivity index (χ4v) is 2.30. The van der Waals surface area contributed by atoms with Crippen LogP contribution in [0.15, 0.2) is 29.1 Å². The highest BCUT2D eigenvalue weighted by molar-refractivity contribution is 7.20. The molecule has 0 aliphatic carbocycles. The van der Waals surface area contributed by atoms with Gasteiger partial charge in [-0.3, -0.25) is 4.79 Å². The van der Waals surface area contributed by atoms with Crippen LogP contribution < -0.4 is 5.43 Å². The van der Waals surface area contributed by atoms with Gasteiger partial charge >= 0.3 is 5.97 Å². The lowest BCUT2D eigenvalue weighted by Crippen LogP contribution is -2.04. The molecule has 1 N–H and O–H groups in total. The van der Waals surface area contributed by atoms with Crippen LogP contribution in [-0.2, 0) is 0 Å². The number of rotatable bonds is 1. The second-order valence-electron chi connectivity index (χ2n) is 2.92. The highest BCUT2D eigenvalue weighted by Crippen LogP contribution is 2.22. The Morgan fingerprint density at radius 2 is 2.07 bits per heavy atom. The molecule has 1 aromatic heterocycles. The molecule has 0 amide bonds. The van der Waals surface area contributed by atoms with Crippen molar-refractivity contribution in [2.75, 3.05) is 0 Å². The molecule has 1 heterocycles. The third-order valence-corrected chi connectivity index (χ3v) is 3.22. The van der Waals surface area contributed by atoms with Gasteiger partial charge in [0.15, 0.2) is 5.43 Å². The summed E-state index contributed by atoms with van der Waals surface area (Å²) < 4.78 is 0.629. The van der Waals surface area contributed by atoms with Crippen LogP contribution in [0.2, 0.25) is 5.02 Å². The molecule has 0 aliphatic heterocycles. The minimum absolute atomic E-state index is 0.0369. The van der Waals surface area contributed by atoms with Gasteiger partial charge in [0.05, 0.1) is 0 Å². The number of benzene rings is 1. The first-order valence-electron chi connectivity index (χ1n) is 4.04. The van der Waals surface area contributed by atoms with E-state index in [0.717, 1.165) is 17.4 Å². The average molecular weight is 241 g/mol. The first kappa shape index (κ1) is 10.1. The van der Waals surface area contributed by atoms with E-state index in [2.05, 4.69) is 0 Å². The lowest BCUT2D eigenvalue weighted by molar-refractivity contribution is 0.0702. The molecule has 2 rings (SSSR count). The van der Waals surface area contributed by atoms with Crippen molar-refractivity contribution in [1.82, 2.24) is 0 Å². The predicted molar refractivity (Wildman–Crippen MR) is 60.1 cm³/mol. The maximum atomic E-state index is 11.5. The summed E-state index contributed by atoms with van der Waals surface area (Å²) in [6.45, 7) is 0. The van der Waals surface area contributed by atoms with Gasteiger partial charge in [0, 0.05) is 21.2 Å². The lowest BCUT2D eigenvalue weighted by atomic mass is 10.2. The minimum atomic E-state index is -1.09. The van der Waals surface area contributed by atoms with Crippen LogP contribution in [0.5, 0.6) is 0 Å². The number of halogens is 1. The van der Waals surface area contributed by atoms with Crippen LogP contribution in [0.25, 0.3) is 10.1 Å². The largest absolute Gasteiger partial charge is 0.477 e. The molecule has 0 aliphatic rings. The van der Waals surface area contributed by atoms with E-state index in [0.29, 0.717) is 15.1 Å². The number of carboxylic acid groups (broad SMARTS) is 1. The predicted octanol–water partition coefficient (Wildman–Crippen LogP) is 2.61. The second kappa shape index (κ2) is 3.64. The van der Waals surface area contributed by atoms with Gasteiger partial charge in [-0.1, -0.05) is 11.6 Å². The van der Waals surface area contributed by atoms with Gasteiger partial charge in [0.2, 0.25) is 0 Å². The van der Waals surface area contributed by atoms with E-state index in [9.17, 15) is 9.59 Å². The molecular weight excluding hydrogens is 236 g/mol. The van der Waals surface area contributed by atoms with E-state index < -0.39 is 5.97 Å². The Balaban J connectivity index is 2.84. The summed E-state index contributed by atoms with van der Waals surface area (Å²) in [7, 11) is 0. The molecule has 0 saturated carbocycles. The van der Waals surface area contributed by atoms with Crippen molar-refractivity contribution in [3.8, 4) is 0 Å². The summed E-state index contributed by atoms with van der Waals surface area (Å²) in [6.07, 6.45) is 0. The Morgan fingerprint density at radius 3 is 2.73 bits per heavy atom. The van der Waals surface area contributed by atoms with Crippen molar-refractivity contribution in [3.05, 3.63) is 44.4 Å². The number of aromatic carboxylic acids is 1. The van der Waals surface area contributed by atoms with Gasteiger partial charge in [-0.15, -0.1) is 11.3 Å². The summed E-state index contributed by atoms with van der Waals surface area (Å²) in [4.78, 5) is 22.3. The van der Waals surface area contributed by atoms with Gasteiger partial charge in [-0.2, -0.15) is 0 Å². The molecule has 3 nitrogen and oxygen atoms in total. The zero-order chi connectivity index (χ0) is 11.0. The molecule has 0 spiro atoms. The number of fused-ring (bicyclic) bond motifs is 1. The summed E-state index contributed by atoms with van der Waals surface area (Å²) in [5.41, 5.74) is -0.316. The maximum absolute atomic E-state index is 11.5. The monoisotopic (exact) mass is 240 g/mol. The Kier molecular flexibility index (Phi) is 2.46. The molecule has 0 atom stereocenters. The zero-order valence-electron chi connectivity index (χ0n) is 7.36. The standard InChI is InChI=1S/C10H5ClO3S/c11-5-1-2-8-6(3-5)7(12)4-9(15-8)10(13)14/h1-4H,(H,13,14).